The summed E-state index contributed by atoms with van der Waals surface area (Å²) in [5, 5.41) is 0. The highest BCUT2D eigenvalue weighted by atomic mass is 16.5. The van der Waals surface area contributed by atoms with E-state index >= 15 is 0 Å². The highest BCUT2D eigenvalue weighted by molar-refractivity contribution is 5.21. The minimum absolute atomic E-state index is 0.305. The molecular weight excluding hydrogens is 202 g/mol. The molecule has 0 saturated carbocycles. The van der Waals surface area contributed by atoms with Crippen molar-refractivity contribution in [3.8, 4) is 0 Å². The van der Waals surface area contributed by atoms with Crippen molar-refractivity contribution in [2.75, 3.05) is 6.61 Å². The van der Waals surface area contributed by atoms with E-state index in [0.717, 1.165) is 38.1 Å². The molecule has 2 heterocycles. The minimum Gasteiger partial charge on any atom is -0.378 e. The zero-order valence-corrected chi connectivity index (χ0v) is 9.70. The summed E-state index contributed by atoms with van der Waals surface area (Å²) in [6, 6.07) is 0.305. The number of rotatable bonds is 1. The zero-order valence-electron chi connectivity index (χ0n) is 9.70. The summed E-state index contributed by atoms with van der Waals surface area (Å²) in [6.45, 7) is 2.93. The van der Waals surface area contributed by atoms with Crippen molar-refractivity contribution < 1.29 is 4.74 Å². The molecule has 4 heteroatoms. The molecular formula is C12H19N3O. The lowest BCUT2D eigenvalue weighted by molar-refractivity contribution is 0.123. The predicted octanol–water partition coefficient (Wildman–Crippen LogP) is 1.12. The number of H-pyrrole nitrogens is 1. The maximum Gasteiger partial charge on any atom is 0.112 e. The fraction of sp³-hybridized carbons (Fsp3) is 0.750. The number of nitrogens with zero attached hydrogens (tertiary/aromatic N) is 1. The van der Waals surface area contributed by atoms with Crippen LogP contribution in [0, 0.1) is 0 Å². The lowest BCUT2D eigenvalue weighted by Crippen LogP contribution is -2.27. The first-order valence-electron chi connectivity index (χ1n) is 6.17. The van der Waals surface area contributed by atoms with Crippen molar-refractivity contribution in [1.29, 1.82) is 0 Å². The molecule has 0 spiro atoms. The molecule has 1 aliphatic carbocycles. The van der Waals surface area contributed by atoms with Gasteiger partial charge in [-0.05, 0) is 26.2 Å². The molecule has 2 aliphatic rings. The van der Waals surface area contributed by atoms with E-state index in [1.54, 1.807) is 0 Å². The minimum atomic E-state index is 0.305. The number of imidazole rings is 1. The maximum atomic E-state index is 5.96. The monoisotopic (exact) mass is 221 g/mol. The molecule has 3 atom stereocenters. The number of aromatic nitrogens is 2. The number of aryl methyl sites for hydroxylation is 1. The first-order valence-corrected chi connectivity index (χ1v) is 6.17. The second-order valence-electron chi connectivity index (χ2n) is 5.13. The van der Waals surface area contributed by atoms with Crippen molar-refractivity contribution in [3.05, 3.63) is 17.2 Å². The fourth-order valence-electron chi connectivity index (χ4n) is 2.73. The van der Waals surface area contributed by atoms with E-state index in [2.05, 4.69) is 11.9 Å². The Morgan fingerprint density at radius 2 is 2.38 bits per heavy atom. The number of nitrogens with one attached hydrogen (secondary N) is 1. The van der Waals surface area contributed by atoms with Gasteiger partial charge in [0.05, 0.1) is 18.4 Å². The lowest BCUT2D eigenvalue weighted by atomic mass is 9.97. The zero-order chi connectivity index (χ0) is 11.1. The third-order valence-corrected chi connectivity index (χ3v) is 3.69. The van der Waals surface area contributed by atoms with Gasteiger partial charge >= 0.3 is 0 Å². The topological polar surface area (TPSA) is 63.9 Å². The highest BCUT2D eigenvalue weighted by Gasteiger charge is 2.28. The fourth-order valence-corrected chi connectivity index (χ4v) is 2.73. The van der Waals surface area contributed by atoms with Gasteiger partial charge in [0, 0.05) is 24.1 Å². The van der Waals surface area contributed by atoms with E-state index in [-0.39, 0.29) is 0 Å². The van der Waals surface area contributed by atoms with Crippen LogP contribution < -0.4 is 5.73 Å². The summed E-state index contributed by atoms with van der Waals surface area (Å²) in [6.07, 6.45) is 4.49. The van der Waals surface area contributed by atoms with Crippen molar-refractivity contribution in [3.63, 3.8) is 0 Å². The molecule has 1 saturated heterocycles. The van der Waals surface area contributed by atoms with Crippen LogP contribution in [0.3, 0.4) is 0 Å². The molecule has 1 aromatic heterocycles. The van der Waals surface area contributed by atoms with Crippen LogP contribution in [0.1, 0.15) is 42.9 Å². The molecule has 1 aliphatic heterocycles. The normalized spacial score (nSPS) is 34.0. The molecule has 1 aromatic rings. The van der Waals surface area contributed by atoms with Gasteiger partial charge in [-0.3, -0.25) is 0 Å². The molecule has 0 bridgehead atoms. The van der Waals surface area contributed by atoms with Gasteiger partial charge < -0.3 is 15.5 Å². The molecule has 4 nitrogen and oxygen atoms in total. The summed E-state index contributed by atoms with van der Waals surface area (Å²) in [5.41, 5.74) is 8.45. The summed E-state index contributed by atoms with van der Waals surface area (Å²) < 4.78 is 5.59. The van der Waals surface area contributed by atoms with Crippen LogP contribution in [0.2, 0.25) is 0 Å². The van der Waals surface area contributed by atoms with Crippen LogP contribution in [-0.4, -0.2) is 28.7 Å². The van der Waals surface area contributed by atoms with E-state index in [1.807, 2.05) is 0 Å². The van der Waals surface area contributed by atoms with Crippen LogP contribution in [0.25, 0.3) is 0 Å². The second-order valence-corrected chi connectivity index (χ2v) is 5.13. The summed E-state index contributed by atoms with van der Waals surface area (Å²) in [7, 11) is 0. The van der Waals surface area contributed by atoms with Gasteiger partial charge in [0.2, 0.25) is 0 Å². The average molecular weight is 221 g/mol. The molecule has 88 valence electrons. The van der Waals surface area contributed by atoms with Gasteiger partial charge in [-0.1, -0.05) is 0 Å². The van der Waals surface area contributed by atoms with Crippen LogP contribution in [-0.2, 0) is 17.6 Å². The largest absolute Gasteiger partial charge is 0.378 e. The molecule has 0 aromatic carbocycles. The van der Waals surface area contributed by atoms with Crippen molar-refractivity contribution >= 4 is 0 Å². The van der Waals surface area contributed by atoms with E-state index in [4.69, 9.17) is 15.5 Å². The maximum absolute atomic E-state index is 5.96. The molecule has 0 radical (unpaired) electrons. The van der Waals surface area contributed by atoms with E-state index < -0.39 is 0 Å². The first-order chi connectivity index (χ1) is 7.72. The van der Waals surface area contributed by atoms with Crippen LogP contribution in [0.4, 0.5) is 0 Å². The van der Waals surface area contributed by atoms with E-state index in [9.17, 15) is 0 Å². The van der Waals surface area contributed by atoms with Crippen LogP contribution in [0.15, 0.2) is 0 Å². The average Bonchev–Trinajstić information content (AvgIpc) is 2.83. The Kier molecular flexibility index (Phi) is 2.48. The number of hydrogen-bond donors (Lipinski definition) is 2. The third kappa shape index (κ3) is 1.76. The Bertz CT molecular complexity index is 388. The molecule has 1 fully saturated rings. The Labute approximate surface area is 95.6 Å². The Balaban J connectivity index is 1.82. The quantitative estimate of drug-likeness (QED) is 0.747. The van der Waals surface area contributed by atoms with Gasteiger partial charge in [0.25, 0.3) is 0 Å². The van der Waals surface area contributed by atoms with Crippen LogP contribution >= 0.6 is 0 Å². The molecule has 3 unspecified atom stereocenters. The first kappa shape index (κ1) is 10.3. The molecule has 0 amide bonds. The number of nitrogens with two attached hydrogens (primary N) is 1. The number of fused-ring (bicyclic) bond motifs is 1. The SMILES string of the molecule is CC1CC(c2nc3c([nH]2)CC(N)CC3)CO1. The van der Waals surface area contributed by atoms with Crippen molar-refractivity contribution in [1.82, 2.24) is 9.97 Å². The lowest BCUT2D eigenvalue weighted by Gasteiger charge is -2.16. The second kappa shape index (κ2) is 3.86. The smallest absolute Gasteiger partial charge is 0.112 e. The summed E-state index contributed by atoms with van der Waals surface area (Å²) >= 11 is 0. The number of aromatic amines is 1. The van der Waals surface area contributed by atoms with Gasteiger partial charge in [-0.25, -0.2) is 4.98 Å². The molecule has 3 rings (SSSR count). The van der Waals surface area contributed by atoms with Crippen LogP contribution in [0.5, 0.6) is 0 Å². The Hall–Kier alpha value is -0.870. The number of hydrogen-bond acceptors (Lipinski definition) is 3. The number of ether oxygens (including phenoxy) is 1. The van der Waals surface area contributed by atoms with E-state index in [1.165, 1.54) is 11.4 Å². The van der Waals surface area contributed by atoms with E-state index in [0.29, 0.717) is 18.1 Å². The summed E-state index contributed by atoms with van der Waals surface area (Å²) in [4.78, 5) is 8.17. The highest BCUT2D eigenvalue weighted by Crippen LogP contribution is 2.29. The molecule has 16 heavy (non-hydrogen) atoms. The van der Waals surface area contributed by atoms with Gasteiger partial charge in [-0.15, -0.1) is 0 Å². The Morgan fingerprint density at radius 1 is 1.50 bits per heavy atom. The van der Waals surface area contributed by atoms with Crippen molar-refractivity contribution in [2.45, 2.75) is 50.7 Å². The third-order valence-electron chi connectivity index (χ3n) is 3.69. The van der Waals surface area contributed by atoms with Crippen molar-refractivity contribution in [2.24, 2.45) is 5.73 Å². The van der Waals surface area contributed by atoms with Gasteiger partial charge in [0.1, 0.15) is 5.82 Å². The predicted molar refractivity (Wildman–Crippen MR) is 61.4 cm³/mol. The summed E-state index contributed by atoms with van der Waals surface area (Å²) in [5.74, 6) is 1.57. The van der Waals surface area contributed by atoms with Gasteiger partial charge in [0.15, 0.2) is 0 Å². The van der Waals surface area contributed by atoms with Gasteiger partial charge in [-0.2, -0.15) is 0 Å². The molecule has 3 N–H and O–H groups in total. The standard InChI is InChI=1S/C12H19N3O/c1-7-4-8(6-16-7)12-14-10-3-2-9(13)5-11(10)15-12/h7-9H,2-6,13H2,1H3,(H,14,15). The Morgan fingerprint density at radius 3 is 3.12 bits per heavy atom.